The van der Waals surface area contributed by atoms with Crippen molar-refractivity contribution in [1.82, 2.24) is 10.2 Å². The van der Waals surface area contributed by atoms with Gasteiger partial charge in [-0.05, 0) is 49.1 Å². The molecule has 0 radical (unpaired) electrons. The first-order valence-electron chi connectivity index (χ1n) is 10.7. The molecule has 0 aromatic heterocycles. The van der Waals surface area contributed by atoms with Gasteiger partial charge in [-0.2, -0.15) is 0 Å². The third kappa shape index (κ3) is 6.66. The molecule has 2 aromatic rings. The van der Waals surface area contributed by atoms with Crippen LogP contribution in [-0.2, 0) is 26.8 Å². The lowest BCUT2D eigenvalue weighted by molar-refractivity contribution is -0.145. The molecule has 1 saturated heterocycles. The zero-order valence-corrected chi connectivity index (χ0v) is 18.7. The third-order valence-electron chi connectivity index (χ3n) is 5.43. The van der Waals surface area contributed by atoms with Crippen LogP contribution in [0.2, 0.25) is 0 Å². The summed E-state index contributed by atoms with van der Waals surface area (Å²) in [6.07, 6.45) is 5.51. The quantitative estimate of drug-likeness (QED) is 0.404. The molecule has 1 heterocycles. The minimum atomic E-state index is -1.38. The highest BCUT2D eigenvalue weighted by Crippen LogP contribution is 2.27. The van der Waals surface area contributed by atoms with Crippen molar-refractivity contribution in [2.24, 2.45) is 0 Å². The number of aryl methyl sites for hydroxylation is 1. The second kappa shape index (κ2) is 11.6. The summed E-state index contributed by atoms with van der Waals surface area (Å²) in [6.45, 7) is 0.553. The number of benzene rings is 2. The van der Waals surface area contributed by atoms with Crippen LogP contribution >= 0.6 is 0 Å². The Morgan fingerprint density at radius 3 is 2.45 bits per heavy atom. The van der Waals surface area contributed by atoms with Gasteiger partial charge < -0.3 is 15.0 Å². The molecule has 2 atom stereocenters. The van der Waals surface area contributed by atoms with Gasteiger partial charge in [-0.25, -0.2) is 0 Å². The first kappa shape index (κ1) is 23.0. The number of carbonyl (C=O) groups excluding carboxylic acids is 2. The molecule has 1 aliphatic heterocycles. The number of rotatable bonds is 12. The summed E-state index contributed by atoms with van der Waals surface area (Å²) in [6, 6.07) is 17.4. The Balaban J connectivity index is 1.33. The van der Waals surface area contributed by atoms with Gasteiger partial charge in [0.15, 0.2) is 0 Å². The van der Waals surface area contributed by atoms with Gasteiger partial charge in [0.1, 0.15) is 17.7 Å². The highest BCUT2D eigenvalue weighted by molar-refractivity contribution is 7.85. The lowest BCUT2D eigenvalue weighted by atomic mass is 10.1. The number of nitrogens with one attached hydrogen (secondary N) is 1. The van der Waals surface area contributed by atoms with Gasteiger partial charge in [0, 0.05) is 11.4 Å². The Bertz CT molecular complexity index is 886. The number of amides is 2. The molecule has 6 nitrogen and oxygen atoms in total. The molecule has 1 fully saturated rings. The number of ether oxygens (including phenoxy) is 1. The van der Waals surface area contributed by atoms with Crippen LogP contribution in [0.4, 0.5) is 0 Å². The number of nitrogens with zero attached hydrogens (tertiary/aromatic N) is 1. The minimum absolute atomic E-state index is 0.0423. The molecule has 2 aromatic carbocycles. The highest BCUT2D eigenvalue weighted by atomic mass is 32.2. The number of methoxy groups -OCH3 is 1. The number of carbonyl (C=O) groups is 2. The van der Waals surface area contributed by atoms with Crippen LogP contribution in [0.3, 0.4) is 0 Å². The standard InChI is InChI=1S/C24H30N2O4S/c1-30-20-12-14-21(15-13-20)31(29)24-17-23(28)26(24)18-22(27)25-16-8-3-2-5-9-19-10-6-4-7-11-19/h4,6-7,10-15,24H,2-3,5,8-9,16-18H2,1H3,(H,25,27). The Kier molecular flexibility index (Phi) is 8.64. The van der Waals surface area contributed by atoms with Crippen molar-refractivity contribution in [2.45, 2.75) is 48.8 Å². The van der Waals surface area contributed by atoms with Crippen molar-refractivity contribution in [1.29, 1.82) is 0 Å². The van der Waals surface area contributed by atoms with Gasteiger partial charge in [-0.15, -0.1) is 0 Å². The fourth-order valence-corrected chi connectivity index (χ4v) is 5.00. The van der Waals surface area contributed by atoms with Gasteiger partial charge in [0.05, 0.1) is 24.3 Å². The highest BCUT2D eigenvalue weighted by Gasteiger charge is 2.41. The normalized spacial score (nSPS) is 16.5. The number of β-lactam (4-membered cyclic amide) rings is 1. The van der Waals surface area contributed by atoms with Crippen molar-refractivity contribution >= 4 is 22.6 Å². The molecule has 0 saturated carbocycles. The zero-order valence-electron chi connectivity index (χ0n) is 17.9. The number of likely N-dealkylation sites (tertiary alicyclic amines) is 1. The fourth-order valence-electron chi connectivity index (χ4n) is 3.56. The molecule has 2 unspecified atom stereocenters. The second-order valence-electron chi connectivity index (χ2n) is 7.65. The fraction of sp³-hybridized carbons (Fsp3) is 0.417. The van der Waals surface area contributed by atoms with Crippen LogP contribution < -0.4 is 10.1 Å². The van der Waals surface area contributed by atoms with Gasteiger partial charge in [-0.1, -0.05) is 43.2 Å². The number of hydrogen-bond acceptors (Lipinski definition) is 4. The molecule has 2 amide bonds. The summed E-state index contributed by atoms with van der Waals surface area (Å²) in [4.78, 5) is 26.2. The van der Waals surface area contributed by atoms with Crippen molar-refractivity contribution < 1.29 is 18.5 Å². The van der Waals surface area contributed by atoms with E-state index in [4.69, 9.17) is 4.74 Å². The van der Waals surface area contributed by atoms with Crippen molar-refractivity contribution in [3.05, 3.63) is 60.2 Å². The van der Waals surface area contributed by atoms with Crippen LogP contribution in [0.15, 0.2) is 59.5 Å². The Hall–Kier alpha value is -2.67. The lowest BCUT2D eigenvalue weighted by Crippen LogP contribution is -2.57. The Morgan fingerprint density at radius 2 is 1.77 bits per heavy atom. The van der Waals surface area contributed by atoms with E-state index in [9.17, 15) is 13.8 Å². The van der Waals surface area contributed by atoms with Crippen LogP contribution in [0.1, 0.15) is 37.7 Å². The van der Waals surface area contributed by atoms with E-state index in [2.05, 4.69) is 29.6 Å². The van der Waals surface area contributed by atoms with E-state index >= 15 is 0 Å². The van der Waals surface area contributed by atoms with Gasteiger partial charge in [-0.3, -0.25) is 13.8 Å². The predicted molar refractivity (Wildman–Crippen MR) is 121 cm³/mol. The van der Waals surface area contributed by atoms with Gasteiger partial charge >= 0.3 is 0 Å². The zero-order chi connectivity index (χ0) is 22.1. The van der Waals surface area contributed by atoms with Crippen molar-refractivity contribution in [2.75, 3.05) is 20.2 Å². The van der Waals surface area contributed by atoms with Crippen LogP contribution in [0, 0.1) is 0 Å². The average Bonchev–Trinajstić information content (AvgIpc) is 2.80. The van der Waals surface area contributed by atoms with E-state index in [1.54, 1.807) is 31.4 Å². The van der Waals surface area contributed by atoms with Crippen LogP contribution in [0.5, 0.6) is 5.75 Å². The monoisotopic (exact) mass is 442 g/mol. The molecule has 166 valence electrons. The predicted octanol–water partition coefficient (Wildman–Crippen LogP) is 3.28. The molecular weight excluding hydrogens is 412 g/mol. The molecule has 7 heteroatoms. The molecule has 1 N–H and O–H groups in total. The largest absolute Gasteiger partial charge is 0.497 e. The van der Waals surface area contributed by atoms with Gasteiger partial charge in [0.25, 0.3) is 0 Å². The molecule has 1 aliphatic rings. The van der Waals surface area contributed by atoms with E-state index in [0.717, 1.165) is 32.1 Å². The van der Waals surface area contributed by atoms with Crippen molar-refractivity contribution in [3.8, 4) is 5.75 Å². The summed E-state index contributed by atoms with van der Waals surface area (Å²) in [5, 5.41) is 2.42. The molecule has 0 spiro atoms. The number of unbranched alkanes of at least 4 members (excludes halogenated alkanes) is 3. The molecule has 0 aliphatic carbocycles. The summed E-state index contributed by atoms with van der Waals surface area (Å²) in [5.41, 5.74) is 1.36. The second-order valence-corrected chi connectivity index (χ2v) is 9.26. The van der Waals surface area contributed by atoms with E-state index in [-0.39, 0.29) is 24.8 Å². The van der Waals surface area contributed by atoms with E-state index in [1.807, 2.05) is 6.07 Å². The average molecular weight is 443 g/mol. The van der Waals surface area contributed by atoms with E-state index < -0.39 is 16.2 Å². The third-order valence-corrected chi connectivity index (χ3v) is 7.08. The van der Waals surface area contributed by atoms with Crippen LogP contribution in [-0.4, -0.2) is 46.5 Å². The topological polar surface area (TPSA) is 75.7 Å². The molecular formula is C24H30N2O4S. The maximum absolute atomic E-state index is 12.8. The number of hydrogen-bond donors (Lipinski definition) is 1. The molecule has 3 rings (SSSR count). The summed E-state index contributed by atoms with van der Waals surface area (Å²) in [5.74, 6) is 0.346. The van der Waals surface area contributed by atoms with Crippen LogP contribution in [0.25, 0.3) is 0 Å². The lowest BCUT2D eigenvalue weighted by Gasteiger charge is -2.38. The minimum Gasteiger partial charge on any atom is -0.497 e. The summed E-state index contributed by atoms with van der Waals surface area (Å²) < 4.78 is 17.9. The SMILES string of the molecule is COc1ccc(S(=O)C2CC(=O)N2CC(=O)NCCCCCCc2ccccc2)cc1. The summed E-state index contributed by atoms with van der Waals surface area (Å²) >= 11 is 0. The maximum atomic E-state index is 12.8. The first-order valence-corrected chi connectivity index (χ1v) is 11.9. The van der Waals surface area contributed by atoms with E-state index in [1.165, 1.54) is 10.5 Å². The Morgan fingerprint density at radius 1 is 1.06 bits per heavy atom. The van der Waals surface area contributed by atoms with Gasteiger partial charge in [0.2, 0.25) is 11.8 Å². The molecule has 0 bridgehead atoms. The first-order chi connectivity index (χ1) is 15.1. The van der Waals surface area contributed by atoms with E-state index in [0.29, 0.717) is 17.2 Å². The molecule has 31 heavy (non-hydrogen) atoms. The smallest absolute Gasteiger partial charge is 0.239 e. The maximum Gasteiger partial charge on any atom is 0.239 e. The Labute approximate surface area is 186 Å². The summed E-state index contributed by atoms with van der Waals surface area (Å²) in [7, 11) is 0.195. The van der Waals surface area contributed by atoms with Crippen molar-refractivity contribution in [3.63, 3.8) is 0 Å².